The van der Waals surface area contributed by atoms with E-state index < -0.39 is 17.1 Å². The summed E-state index contributed by atoms with van der Waals surface area (Å²) in [5.74, 6) is 0.0337. The first-order valence-corrected chi connectivity index (χ1v) is 16.1. The van der Waals surface area contributed by atoms with E-state index in [1.807, 2.05) is 79.7 Å². The monoisotopic (exact) mass is 655 g/mol. The molecule has 9 heteroatoms. The van der Waals surface area contributed by atoms with Gasteiger partial charge in [-0.15, -0.1) is 11.8 Å². The first kappa shape index (κ1) is 32.2. The summed E-state index contributed by atoms with van der Waals surface area (Å²) in [6.07, 6.45) is 1.56. The third kappa shape index (κ3) is 6.82. The lowest BCUT2D eigenvalue weighted by Gasteiger charge is -2.15. The second-order valence-electron chi connectivity index (χ2n) is 10.9. The van der Waals surface area contributed by atoms with E-state index in [1.54, 1.807) is 66.3 Å². The molecule has 1 atom stereocenters. The number of hydrogen-bond donors (Lipinski definition) is 2. The highest BCUT2D eigenvalue weighted by Gasteiger charge is 2.22. The van der Waals surface area contributed by atoms with Crippen LogP contribution in [0.2, 0.25) is 0 Å². The molecule has 0 bridgehead atoms. The van der Waals surface area contributed by atoms with E-state index in [9.17, 15) is 14.4 Å². The van der Waals surface area contributed by atoms with Crippen LogP contribution in [-0.2, 0) is 4.79 Å². The summed E-state index contributed by atoms with van der Waals surface area (Å²) in [6.45, 7) is 1.88. The molecular formula is C39H33N3O5S. The Morgan fingerprint density at radius 2 is 1.42 bits per heavy atom. The van der Waals surface area contributed by atoms with Gasteiger partial charge in [0.15, 0.2) is 0 Å². The SMILES string of the molecule is COc1ccc(/C=C(/NC(=O)c2ccccc2)C(=O)Nc2cccc(SC(C)C(=O)n3c4ccccc4c4ccccc43)c2)c(OC)c1. The van der Waals surface area contributed by atoms with E-state index in [4.69, 9.17) is 9.47 Å². The molecule has 1 aromatic heterocycles. The number of aromatic nitrogens is 1. The van der Waals surface area contributed by atoms with E-state index in [0.29, 0.717) is 28.3 Å². The van der Waals surface area contributed by atoms with Gasteiger partial charge in [0.1, 0.15) is 17.2 Å². The van der Waals surface area contributed by atoms with Crippen molar-refractivity contribution in [3.05, 3.63) is 138 Å². The number of anilines is 1. The molecule has 6 aromatic rings. The van der Waals surface area contributed by atoms with E-state index >= 15 is 0 Å². The number of thioether (sulfide) groups is 1. The molecule has 0 radical (unpaired) electrons. The van der Waals surface area contributed by atoms with Gasteiger partial charge in [-0.25, -0.2) is 0 Å². The summed E-state index contributed by atoms with van der Waals surface area (Å²) < 4.78 is 12.6. The van der Waals surface area contributed by atoms with E-state index in [1.165, 1.54) is 18.9 Å². The third-order valence-corrected chi connectivity index (χ3v) is 8.90. The van der Waals surface area contributed by atoms with E-state index in [-0.39, 0.29) is 11.6 Å². The van der Waals surface area contributed by atoms with Crippen molar-refractivity contribution < 1.29 is 23.9 Å². The third-order valence-electron chi connectivity index (χ3n) is 7.82. The largest absolute Gasteiger partial charge is 0.497 e. The fraction of sp³-hybridized carbons (Fsp3) is 0.103. The zero-order chi connectivity index (χ0) is 33.6. The van der Waals surface area contributed by atoms with Crippen molar-refractivity contribution in [2.45, 2.75) is 17.1 Å². The van der Waals surface area contributed by atoms with Gasteiger partial charge in [0, 0.05) is 38.5 Å². The lowest BCUT2D eigenvalue weighted by Crippen LogP contribution is -2.30. The Morgan fingerprint density at radius 1 is 0.750 bits per heavy atom. The van der Waals surface area contributed by atoms with Crippen molar-refractivity contribution in [2.24, 2.45) is 0 Å². The minimum Gasteiger partial charge on any atom is -0.497 e. The molecule has 1 heterocycles. The molecule has 6 rings (SSSR count). The van der Waals surface area contributed by atoms with Gasteiger partial charge in [-0.1, -0.05) is 60.7 Å². The average molecular weight is 656 g/mol. The number of carbonyl (C=O) groups is 3. The normalized spacial score (nSPS) is 12.0. The predicted molar refractivity (Wildman–Crippen MR) is 192 cm³/mol. The maximum absolute atomic E-state index is 13.9. The standard InChI is InChI=1S/C39H33N3O5S/c1-25(39(45)42-34-18-9-7-16-31(34)32-17-8-10-19-35(32)42)48-30-15-11-14-28(23-30)40-38(44)33(41-37(43)26-12-5-4-6-13-26)22-27-20-21-29(46-2)24-36(27)47-3/h4-25H,1-3H3,(H,40,44)(H,41,43)/b33-22+. The Hall–Kier alpha value is -5.80. The van der Waals surface area contributed by atoms with Crippen LogP contribution >= 0.6 is 11.8 Å². The number of ether oxygens (including phenoxy) is 2. The molecule has 2 amide bonds. The molecular weight excluding hydrogens is 623 g/mol. The summed E-state index contributed by atoms with van der Waals surface area (Å²) in [5.41, 5.74) is 3.21. The molecule has 0 aliphatic carbocycles. The molecule has 1 unspecified atom stereocenters. The van der Waals surface area contributed by atoms with Crippen molar-refractivity contribution in [3.63, 3.8) is 0 Å². The molecule has 0 aliphatic rings. The summed E-state index contributed by atoms with van der Waals surface area (Å²) in [6, 6.07) is 36.9. The number of para-hydroxylation sites is 2. The fourth-order valence-corrected chi connectivity index (χ4v) is 6.44. The predicted octanol–water partition coefficient (Wildman–Crippen LogP) is 8.04. The van der Waals surface area contributed by atoms with Crippen LogP contribution in [-0.4, -0.2) is 41.8 Å². The highest BCUT2D eigenvalue weighted by atomic mass is 32.2. The number of fused-ring (bicyclic) bond motifs is 3. The number of rotatable bonds is 10. The Labute approximate surface area is 282 Å². The van der Waals surface area contributed by atoms with Gasteiger partial charge in [-0.05, 0) is 67.6 Å². The summed E-state index contributed by atoms with van der Waals surface area (Å²) >= 11 is 1.40. The number of nitrogens with one attached hydrogen (secondary N) is 2. The first-order chi connectivity index (χ1) is 23.4. The molecule has 5 aromatic carbocycles. The minimum atomic E-state index is -0.534. The molecule has 0 spiro atoms. The molecule has 8 nitrogen and oxygen atoms in total. The quantitative estimate of drug-likeness (QED) is 0.115. The van der Waals surface area contributed by atoms with Gasteiger partial charge >= 0.3 is 0 Å². The zero-order valence-electron chi connectivity index (χ0n) is 26.6. The lowest BCUT2D eigenvalue weighted by molar-refractivity contribution is -0.113. The van der Waals surface area contributed by atoms with Crippen molar-refractivity contribution in [2.75, 3.05) is 19.5 Å². The van der Waals surface area contributed by atoms with Gasteiger partial charge in [0.05, 0.1) is 30.5 Å². The van der Waals surface area contributed by atoms with Crippen molar-refractivity contribution >= 4 is 63.1 Å². The van der Waals surface area contributed by atoms with Crippen LogP contribution in [0.5, 0.6) is 11.5 Å². The maximum atomic E-state index is 13.9. The van der Waals surface area contributed by atoms with Crippen LogP contribution < -0.4 is 20.1 Å². The highest BCUT2D eigenvalue weighted by molar-refractivity contribution is 8.00. The Bertz CT molecular complexity index is 2120. The first-order valence-electron chi connectivity index (χ1n) is 15.3. The summed E-state index contributed by atoms with van der Waals surface area (Å²) in [4.78, 5) is 41.5. The summed E-state index contributed by atoms with van der Waals surface area (Å²) in [7, 11) is 3.07. The van der Waals surface area contributed by atoms with Crippen LogP contribution in [0.25, 0.3) is 27.9 Å². The van der Waals surface area contributed by atoms with Crippen LogP contribution in [0.15, 0.2) is 132 Å². The van der Waals surface area contributed by atoms with Gasteiger partial charge < -0.3 is 20.1 Å². The number of hydrogen-bond acceptors (Lipinski definition) is 6. The van der Waals surface area contributed by atoms with Crippen LogP contribution in [0.3, 0.4) is 0 Å². The summed E-state index contributed by atoms with van der Waals surface area (Å²) in [5, 5.41) is 7.29. The Morgan fingerprint density at radius 3 is 2.08 bits per heavy atom. The molecule has 240 valence electrons. The molecule has 0 fully saturated rings. The van der Waals surface area contributed by atoms with Gasteiger partial charge in [-0.3, -0.25) is 19.0 Å². The topological polar surface area (TPSA) is 98.7 Å². The number of nitrogens with zero attached hydrogens (tertiary/aromatic N) is 1. The van der Waals surface area contributed by atoms with Gasteiger partial charge in [0.2, 0.25) is 5.91 Å². The fourth-order valence-electron chi connectivity index (χ4n) is 5.48. The number of methoxy groups -OCH3 is 2. The van der Waals surface area contributed by atoms with Gasteiger partial charge in [-0.2, -0.15) is 0 Å². The van der Waals surface area contributed by atoms with E-state index in [0.717, 1.165) is 26.7 Å². The number of benzene rings is 5. The van der Waals surface area contributed by atoms with Gasteiger partial charge in [0.25, 0.3) is 11.8 Å². The zero-order valence-corrected chi connectivity index (χ0v) is 27.4. The minimum absolute atomic E-state index is 0.0142. The van der Waals surface area contributed by atoms with Crippen LogP contribution in [0.4, 0.5) is 5.69 Å². The molecule has 0 aliphatic heterocycles. The van der Waals surface area contributed by atoms with Crippen LogP contribution in [0, 0.1) is 0 Å². The van der Waals surface area contributed by atoms with E-state index in [2.05, 4.69) is 10.6 Å². The Balaban J connectivity index is 1.25. The molecule has 0 saturated carbocycles. The van der Waals surface area contributed by atoms with Crippen molar-refractivity contribution in [1.82, 2.24) is 9.88 Å². The van der Waals surface area contributed by atoms with Crippen molar-refractivity contribution in [1.29, 1.82) is 0 Å². The highest BCUT2D eigenvalue weighted by Crippen LogP contribution is 2.33. The average Bonchev–Trinajstić information content (AvgIpc) is 3.46. The van der Waals surface area contributed by atoms with Crippen LogP contribution in [0.1, 0.15) is 27.6 Å². The molecule has 2 N–H and O–H groups in total. The second kappa shape index (κ2) is 14.3. The number of carbonyl (C=O) groups excluding carboxylic acids is 3. The second-order valence-corrected chi connectivity index (χ2v) is 12.4. The van der Waals surface area contributed by atoms with Crippen molar-refractivity contribution in [3.8, 4) is 11.5 Å². The smallest absolute Gasteiger partial charge is 0.272 e. The Kier molecular flexibility index (Phi) is 9.59. The maximum Gasteiger partial charge on any atom is 0.272 e. The molecule has 0 saturated heterocycles. The lowest BCUT2D eigenvalue weighted by atomic mass is 10.1. The number of amides is 2. The molecule has 48 heavy (non-hydrogen) atoms.